The number of piperidine rings is 1. The summed E-state index contributed by atoms with van der Waals surface area (Å²) in [5, 5.41) is 6.28. The van der Waals surface area contributed by atoms with Crippen molar-refractivity contribution in [3.63, 3.8) is 0 Å². The third-order valence-corrected chi connectivity index (χ3v) is 4.62. The van der Waals surface area contributed by atoms with Gasteiger partial charge < -0.3 is 10.2 Å². The molecule has 0 radical (unpaired) electrons. The number of guanidine groups is 1. The summed E-state index contributed by atoms with van der Waals surface area (Å²) in [5.41, 5.74) is 0.788. The fourth-order valence-electron chi connectivity index (χ4n) is 3.13. The van der Waals surface area contributed by atoms with E-state index in [0.29, 0.717) is 12.0 Å². The van der Waals surface area contributed by atoms with Crippen molar-refractivity contribution in [2.45, 2.75) is 37.3 Å². The van der Waals surface area contributed by atoms with E-state index in [1.54, 1.807) is 0 Å². The van der Waals surface area contributed by atoms with Crippen LogP contribution in [0.25, 0.3) is 0 Å². The second-order valence-electron chi connectivity index (χ2n) is 6.19. The van der Waals surface area contributed by atoms with Crippen LogP contribution in [0.3, 0.4) is 0 Å². The fourth-order valence-corrected chi connectivity index (χ4v) is 3.13. The first kappa shape index (κ1) is 12.7. The van der Waals surface area contributed by atoms with Crippen LogP contribution in [0.15, 0.2) is 35.3 Å². The van der Waals surface area contributed by atoms with Crippen LogP contribution >= 0.6 is 0 Å². The second-order valence-corrected chi connectivity index (χ2v) is 6.19. The summed E-state index contributed by atoms with van der Waals surface area (Å²) in [4.78, 5) is 19.2. The van der Waals surface area contributed by atoms with Gasteiger partial charge in [-0.05, 0) is 37.8 Å². The average Bonchev–Trinajstić information content (AvgIpc) is 3.27. The third kappa shape index (κ3) is 2.37. The molecule has 0 bridgehead atoms. The van der Waals surface area contributed by atoms with E-state index in [0.717, 1.165) is 38.8 Å². The molecule has 5 heteroatoms. The minimum atomic E-state index is -0.445. The number of amides is 1. The zero-order valence-electron chi connectivity index (χ0n) is 12.0. The van der Waals surface area contributed by atoms with Crippen LogP contribution in [0.4, 0.5) is 5.69 Å². The van der Waals surface area contributed by atoms with Gasteiger partial charge in [-0.3, -0.25) is 10.1 Å². The molecule has 1 aliphatic carbocycles. The lowest BCUT2D eigenvalue weighted by Crippen LogP contribution is -2.55. The predicted molar refractivity (Wildman–Crippen MR) is 82.4 cm³/mol. The number of anilines is 1. The summed E-state index contributed by atoms with van der Waals surface area (Å²) in [6.07, 6.45) is 3.93. The molecule has 3 fully saturated rings. The highest BCUT2D eigenvalue weighted by Crippen LogP contribution is 2.29. The SMILES string of the molecule is O=C1NC(=NC2CC2)NC12CCN(c1ccccc1)CC2. The van der Waals surface area contributed by atoms with Crippen LogP contribution in [0, 0.1) is 0 Å². The van der Waals surface area contributed by atoms with E-state index < -0.39 is 5.54 Å². The molecule has 3 aliphatic rings. The highest BCUT2D eigenvalue weighted by molar-refractivity contribution is 6.09. The monoisotopic (exact) mass is 284 g/mol. The molecule has 0 unspecified atom stereocenters. The Balaban J connectivity index is 1.45. The number of carbonyl (C=O) groups is 1. The molecule has 110 valence electrons. The van der Waals surface area contributed by atoms with E-state index in [1.165, 1.54) is 5.69 Å². The first-order valence-corrected chi connectivity index (χ1v) is 7.73. The number of para-hydroxylation sites is 1. The van der Waals surface area contributed by atoms with Gasteiger partial charge in [-0.1, -0.05) is 18.2 Å². The molecule has 1 spiro atoms. The lowest BCUT2D eigenvalue weighted by atomic mass is 9.87. The Labute approximate surface area is 124 Å². The summed E-state index contributed by atoms with van der Waals surface area (Å²) in [7, 11) is 0. The minimum Gasteiger partial charge on any atom is -0.371 e. The molecular formula is C16H20N4O. The standard InChI is InChI=1S/C16H20N4O/c21-14-16(19-15(18-14)17-12-6-7-12)8-10-20(11-9-16)13-4-2-1-3-5-13/h1-5,12H,6-11H2,(H2,17,18,19,21). The maximum atomic E-state index is 12.3. The van der Waals surface area contributed by atoms with Gasteiger partial charge in [-0.2, -0.15) is 0 Å². The summed E-state index contributed by atoms with van der Waals surface area (Å²) in [6.45, 7) is 1.78. The van der Waals surface area contributed by atoms with E-state index in [2.05, 4.69) is 44.8 Å². The number of aliphatic imine (C=N–C) groups is 1. The highest BCUT2D eigenvalue weighted by Gasteiger charge is 2.47. The Morgan fingerprint density at radius 3 is 2.52 bits per heavy atom. The molecule has 0 aromatic heterocycles. The van der Waals surface area contributed by atoms with Crippen LogP contribution in [0.2, 0.25) is 0 Å². The molecule has 0 atom stereocenters. The van der Waals surface area contributed by atoms with Gasteiger partial charge in [0.05, 0.1) is 6.04 Å². The van der Waals surface area contributed by atoms with Gasteiger partial charge in [0, 0.05) is 18.8 Å². The Bertz CT molecular complexity index is 571. The van der Waals surface area contributed by atoms with Crippen molar-refractivity contribution in [2.75, 3.05) is 18.0 Å². The van der Waals surface area contributed by atoms with Gasteiger partial charge in [0.25, 0.3) is 5.91 Å². The molecule has 2 N–H and O–H groups in total. The Hall–Kier alpha value is -2.04. The predicted octanol–water partition coefficient (Wildman–Crippen LogP) is 1.26. The number of carbonyl (C=O) groups excluding carboxylic acids is 1. The molecule has 2 saturated heterocycles. The normalized spacial score (nSPS) is 26.0. The third-order valence-electron chi connectivity index (χ3n) is 4.62. The zero-order chi connectivity index (χ0) is 14.3. The van der Waals surface area contributed by atoms with Crippen LogP contribution in [-0.2, 0) is 4.79 Å². The summed E-state index contributed by atoms with van der Waals surface area (Å²) < 4.78 is 0. The lowest BCUT2D eigenvalue weighted by molar-refractivity contribution is -0.124. The van der Waals surface area contributed by atoms with Crippen LogP contribution in [0.1, 0.15) is 25.7 Å². The number of rotatable bonds is 2. The Morgan fingerprint density at radius 2 is 1.86 bits per heavy atom. The van der Waals surface area contributed by atoms with E-state index in [1.807, 2.05) is 6.07 Å². The van der Waals surface area contributed by atoms with Crippen molar-refractivity contribution in [1.29, 1.82) is 0 Å². The van der Waals surface area contributed by atoms with Crippen molar-refractivity contribution < 1.29 is 4.79 Å². The van der Waals surface area contributed by atoms with Crippen molar-refractivity contribution in [3.05, 3.63) is 30.3 Å². The molecule has 1 amide bonds. The molecule has 1 aromatic carbocycles. The topological polar surface area (TPSA) is 56.7 Å². The number of benzene rings is 1. The van der Waals surface area contributed by atoms with Gasteiger partial charge in [-0.25, -0.2) is 4.99 Å². The van der Waals surface area contributed by atoms with Crippen LogP contribution in [0.5, 0.6) is 0 Å². The molecule has 21 heavy (non-hydrogen) atoms. The molecular weight excluding hydrogens is 264 g/mol. The van der Waals surface area contributed by atoms with E-state index in [-0.39, 0.29) is 5.91 Å². The molecule has 2 aliphatic heterocycles. The fraction of sp³-hybridized carbons (Fsp3) is 0.500. The number of nitrogens with zero attached hydrogens (tertiary/aromatic N) is 2. The van der Waals surface area contributed by atoms with Gasteiger partial charge in [0.1, 0.15) is 5.54 Å². The van der Waals surface area contributed by atoms with Gasteiger partial charge in [0.2, 0.25) is 0 Å². The van der Waals surface area contributed by atoms with E-state index in [9.17, 15) is 4.79 Å². The summed E-state index contributed by atoms with van der Waals surface area (Å²) in [6, 6.07) is 10.8. The van der Waals surface area contributed by atoms with E-state index in [4.69, 9.17) is 0 Å². The Morgan fingerprint density at radius 1 is 1.14 bits per heavy atom. The van der Waals surface area contributed by atoms with Gasteiger partial charge in [-0.15, -0.1) is 0 Å². The largest absolute Gasteiger partial charge is 0.371 e. The van der Waals surface area contributed by atoms with Crippen LogP contribution in [-0.4, -0.2) is 36.5 Å². The average molecular weight is 284 g/mol. The number of nitrogens with one attached hydrogen (secondary N) is 2. The molecule has 1 saturated carbocycles. The molecule has 1 aromatic rings. The molecule has 5 nitrogen and oxygen atoms in total. The number of hydrogen-bond acceptors (Lipinski definition) is 3. The van der Waals surface area contributed by atoms with Crippen molar-refractivity contribution in [3.8, 4) is 0 Å². The highest BCUT2D eigenvalue weighted by atomic mass is 16.2. The van der Waals surface area contributed by atoms with Crippen molar-refractivity contribution in [2.24, 2.45) is 4.99 Å². The molecule has 4 rings (SSSR count). The van der Waals surface area contributed by atoms with Crippen molar-refractivity contribution in [1.82, 2.24) is 10.6 Å². The minimum absolute atomic E-state index is 0.0922. The maximum absolute atomic E-state index is 12.3. The van der Waals surface area contributed by atoms with Crippen molar-refractivity contribution >= 4 is 17.6 Å². The van der Waals surface area contributed by atoms with E-state index >= 15 is 0 Å². The quantitative estimate of drug-likeness (QED) is 0.860. The first-order valence-electron chi connectivity index (χ1n) is 7.73. The summed E-state index contributed by atoms with van der Waals surface area (Å²) >= 11 is 0. The van der Waals surface area contributed by atoms with Gasteiger partial charge in [0.15, 0.2) is 5.96 Å². The smallest absolute Gasteiger partial charge is 0.252 e. The molecule has 2 heterocycles. The maximum Gasteiger partial charge on any atom is 0.252 e. The lowest BCUT2D eigenvalue weighted by Gasteiger charge is -2.38. The Kier molecular flexibility index (Phi) is 2.87. The number of hydrogen-bond donors (Lipinski definition) is 2. The summed E-state index contributed by atoms with van der Waals surface area (Å²) in [5.74, 6) is 0.783. The zero-order valence-corrected chi connectivity index (χ0v) is 12.0. The first-order chi connectivity index (χ1) is 10.3. The van der Waals surface area contributed by atoms with Gasteiger partial charge >= 0.3 is 0 Å². The van der Waals surface area contributed by atoms with Crippen LogP contribution < -0.4 is 15.5 Å². The second kappa shape index (κ2) is 4.76.